The first-order chi connectivity index (χ1) is 6.15. The predicted molar refractivity (Wildman–Crippen MR) is 48.8 cm³/mol. The molecule has 0 saturated carbocycles. The van der Waals surface area contributed by atoms with Gasteiger partial charge in [0.2, 0.25) is 0 Å². The van der Waals surface area contributed by atoms with Crippen LogP contribution in [0, 0.1) is 6.92 Å². The second kappa shape index (κ2) is 4.00. The highest BCUT2D eigenvalue weighted by Crippen LogP contribution is 2.11. The molecular formula is C9H11FN2O. The minimum absolute atomic E-state index is 0.494. The van der Waals surface area contributed by atoms with Crippen LogP contribution in [-0.2, 0) is 4.79 Å². The average Bonchev–Trinajstić information content (AvgIpc) is 2.17. The van der Waals surface area contributed by atoms with Crippen molar-refractivity contribution < 1.29 is 9.18 Å². The van der Waals surface area contributed by atoms with Gasteiger partial charge in [0.25, 0.3) is 5.91 Å². The van der Waals surface area contributed by atoms with Gasteiger partial charge in [-0.15, -0.1) is 0 Å². The Kier molecular flexibility index (Phi) is 2.97. The summed E-state index contributed by atoms with van der Waals surface area (Å²) in [5.41, 5.74) is 1.55. The maximum Gasteiger partial charge on any atom is 0.272 e. The van der Waals surface area contributed by atoms with Crippen LogP contribution in [0.5, 0.6) is 0 Å². The number of rotatable bonds is 2. The van der Waals surface area contributed by atoms with Gasteiger partial charge in [-0.05, 0) is 19.1 Å². The van der Waals surface area contributed by atoms with Gasteiger partial charge >= 0.3 is 0 Å². The Hall–Kier alpha value is -1.42. The molecule has 0 aliphatic rings. The zero-order valence-electron chi connectivity index (χ0n) is 7.33. The number of carbonyl (C=O) groups is 1. The lowest BCUT2D eigenvalue weighted by Gasteiger charge is -2.14. The third-order valence-electron chi connectivity index (χ3n) is 1.70. The summed E-state index contributed by atoms with van der Waals surface area (Å²) in [6.45, 7) is 0.839. The van der Waals surface area contributed by atoms with Crippen molar-refractivity contribution in [1.82, 2.24) is 0 Å². The smallest absolute Gasteiger partial charge is 0.270 e. The number of hydrazine groups is 1. The van der Waals surface area contributed by atoms with Gasteiger partial charge < -0.3 is 0 Å². The van der Waals surface area contributed by atoms with Crippen molar-refractivity contribution in [3.63, 3.8) is 0 Å². The van der Waals surface area contributed by atoms with Gasteiger partial charge in [-0.2, -0.15) is 0 Å². The average molecular weight is 182 g/mol. The molecule has 1 aromatic carbocycles. The highest BCUT2D eigenvalue weighted by molar-refractivity contribution is 5.92. The highest BCUT2D eigenvalue weighted by atomic mass is 19.1. The molecule has 0 saturated heterocycles. The van der Waals surface area contributed by atoms with Gasteiger partial charge in [0.05, 0.1) is 5.69 Å². The van der Waals surface area contributed by atoms with Crippen molar-refractivity contribution in [3.05, 3.63) is 29.8 Å². The Balaban J connectivity index is 2.83. The molecule has 0 aliphatic carbocycles. The van der Waals surface area contributed by atoms with Crippen molar-refractivity contribution in [2.45, 2.75) is 6.92 Å². The normalized spacial score (nSPS) is 9.77. The quantitative estimate of drug-likeness (QED) is 0.424. The monoisotopic (exact) mass is 182 g/mol. The molecule has 0 radical (unpaired) electrons. The minimum atomic E-state index is -1.08. The number of benzene rings is 1. The molecule has 0 fully saturated rings. The highest BCUT2D eigenvalue weighted by Gasteiger charge is 2.09. The van der Waals surface area contributed by atoms with Crippen LogP contribution in [0.25, 0.3) is 0 Å². The fraction of sp³-hybridized carbons (Fsp3) is 0.222. The van der Waals surface area contributed by atoms with E-state index in [1.54, 1.807) is 24.3 Å². The zero-order valence-corrected chi connectivity index (χ0v) is 7.33. The van der Waals surface area contributed by atoms with E-state index < -0.39 is 12.6 Å². The number of carbonyl (C=O) groups excluding carboxylic acids is 1. The molecule has 0 heterocycles. The standard InChI is InChI=1S/C9H11FN2O/c1-7-2-4-8(5-3-7)12(11)9(13)6-10/h2-5H,6,11H2,1H3. The third-order valence-corrected chi connectivity index (χ3v) is 1.70. The van der Waals surface area contributed by atoms with Crippen molar-refractivity contribution in [2.24, 2.45) is 5.84 Å². The van der Waals surface area contributed by atoms with E-state index in [1.807, 2.05) is 6.92 Å². The first kappa shape index (κ1) is 9.67. The number of aryl methyl sites for hydroxylation is 1. The Morgan fingerprint density at radius 3 is 2.46 bits per heavy atom. The third kappa shape index (κ3) is 2.26. The van der Waals surface area contributed by atoms with E-state index in [1.165, 1.54) is 0 Å². The molecule has 0 aromatic heterocycles. The SMILES string of the molecule is Cc1ccc(N(N)C(=O)CF)cc1. The van der Waals surface area contributed by atoms with Crippen molar-refractivity contribution >= 4 is 11.6 Å². The number of nitrogens with zero attached hydrogens (tertiary/aromatic N) is 1. The molecule has 0 bridgehead atoms. The van der Waals surface area contributed by atoms with Gasteiger partial charge in [-0.3, -0.25) is 4.79 Å². The number of alkyl halides is 1. The second-order valence-corrected chi connectivity index (χ2v) is 2.73. The van der Waals surface area contributed by atoms with Crippen molar-refractivity contribution in [3.8, 4) is 0 Å². The molecule has 1 aromatic rings. The summed E-state index contributed by atoms with van der Waals surface area (Å²) in [5, 5.41) is 0.805. The van der Waals surface area contributed by atoms with Crippen molar-refractivity contribution in [2.75, 3.05) is 11.7 Å². The summed E-state index contributed by atoms with van der Waals surface area (Å²) in [4.78, 5) is 10.8. The lowest BCUT2D eigenvalue weighted by atomic mass is 10.2. The Labute approximate surface area is 75.9 Å². The predicted octanol–water partition coefficient (Wildman–Crippen LogP) is 1.17. The number of nitrogens with two attached hydrogens (primary N) is 1. The first-order valence-electron chi connectivity index (χ1n) is 3.85. The number of hydrogen-bond acceptors (Lipinski definition) is 2. The fourth-order valence-electron chi connectivity index (χ4n) is 0.914. The van der Waals surface area contributed by atoms with Crippen LogP contribution in [0.4, 0.5) is 10.1 Å². The maximum atomic E-state index is 11.9. The van der Waals surface area contributed by atoms with E-state index in [4.69, 9.17) is 5.84 Å². The molecule has 0 atom stereocenters. The van der Waals surface area contributed by atoms with Crippen LogP contribution in [-0.4, -0.2) is 12.6 Å². The van der Waals surface area contributed by atoms with Crippen LogP contribution < -0.4 is 10.9 Å². The topological polar surface area (TPSA) is 46.3 Å². The van der Waals surface area contributed by atoms with Crippen LogP contribution >= 0.6 is 0 Å². The number of anilines is 1. The van der Waals surface area contributed by atoms with Gasteiger partial charge in [0, 0.05) is 0 Å². The Morgan fingerprint density at radius 1 is 1.46 bits per heavy atom. The summed E-state index contributed by atoms with van der Waals surface area (Å²) < 4.78 is 11.9. The molecule has 13 heavy (non-hydrogen) atoms. The van der Waals surface area contributed by atoms with E-state index in [-0.39, 0.29) is 0 Å². The minimum Gasteiger partial charge on any atom is -0.270 e. The van der Waals surface area contributed by atoms with E-state index in [0.717, 1.165) is 10.6 Å². The fourth-order valence-corrected chi connectivity index (χ4v) is 0.914. The van der Waals surface area contributed by atoms with Gasteiger partial charge in [-0.25, -0.2) is 15.2 Å². The maximum absolute atomic E-state index is 11.9. The van der Waals surface area contributed by atoms with E-state index in [2.05, 4.69) is 0 Å². The zero-order chi connectivity index (χ0) is 9.84. The molecule has 2 N–H and O–H groups in total. The largest absolute Gasteiger partial charge is 0.272 e. The van der Waals surface area contributed by atoms with Crippen LogP contribution in [0.15, 0.2) is 24.3 Å². The molecule has 0 spiro atoms. The second-order valence-electron chi connectivity index (χ2n) is 2.73. The molecule has 70 valence electrons. The van der Waals surface area contributed by atoms with Gasteiger partial charge in [-0.1, -0.05) is 17.7 Å². The van der Waals surface area contributed by atoms with Gasteiger partial charge in [0.1, 0.15) is 0 Å². The molecular weight excluding hydrogens is 171 g/mol. The molecule has 4 heteroatoms. The number of halogens is 1. The van der Waals surface area contributed by atoms with E-state index >= 15 is 0 Å². The molecule has 0 unspecified atom stereocenters. The first-order valence-corrected chi connectivity index (χ1v) is 3.85. The lowest BCUT2D eigenvalue weighted by molar-refractivity contribution is -0.119. The van der Waals surface area contributed by atoms with Crippen LogP contribution in [0.1, 0.15) is 5.56 Å². The Morgan fingerprint density at radius 2 is 2.00 bits per heavy atom. The van der Waals surface area contributed by atoms with Crippen LogP contribution in [0.2, 0.25) is 0 Å². The van der Waals surface area contributed by atoms with Crippen LogP contribution in [0.3, 0.4) is 0 Å². The molecule has 0 aliphatic heterocycles. The summed E-state index contributed by atoms with van der Waals surface area (Å²) in [7, 11) is 0. The summed E-state index contributed by atoms with van der Waals surface area (Å²) in [6, 6.07) is 6.95. The number of hydrogen-bond donors (Lipinski definition) is 1. The lowest BCUT2D eigenvalue weighted by Crippen LogP contribution is -2.38. The summed E-state index contributed by atoms with van der Waals surface area (Å²) in [5.74, 6) is 4.60. The summed E-state index contributed by atoms with van der Waals surface area (Å²) in [6.07, 6.45) is 0. The van der Waals surface area contributed by atoms with E-state index in [0.29, 0.717) is 5.69 Å². The molecule has 1 rings (SSSR count). The van der Waals surface area contributed by atoms with E-state index in [9.17, 15) is 9.18 Å². The van der Waals surface area contributed by atoms with Crippen molar-refractivity contribution in [1.29, 1.82) is 0 Å². The van der Waals surface area contributed by atoms with Gasteiger partial charge in [0.15, 0.2) is 6.67 Å². The summed E-state index contributed by atoms with van der Waals surface area (Å²) >= 11 is 0. The molecule has 3 nitrogen and oxygen atoms in total. The molecule has 1 amide bonds. The Bertz CT molecular complexity index is 297. The number of amides is 1.